The van der Waals surface area contributed by atoms with E-state index in [0.29, 0.717) is 36.9 Å². The van der Waals surface area contributed by atoms with Gasteiger partial charge in [-0.3, -0.25) is 9.10 Å². The van der Waals surface area contributed by atoms with E-state index in [0.717, 1.165) is 15.4 Å². The first-order chi connectivity index (χ1) is 13.4. The van der Waals surface area contributed by atoms with Crippen molar-refractivity contribution in [2.45, 2.75) is 20.4 Å². The average molecular weight is 404 g/mol. The zero-order valence-corrected chi connectivity index (χ0v) is 16.8. The number of fused-ring (bicyclic) bond motifs is 1. The summed E-state index contributed by atoms with van der Waals surface area (Å²) in [5, 5.41) is 2.80. The van der Waals surface area contributed by atoms with Gasteiger partial charge in [0.25, 0.3) is 0 Å². The minimum Gasteiger partial charge on any atom is -0.486 e. The molecule has 2 aromatic rings. The van der Waals surface area contributed by atoms with Crippen LogP contribution in [-0.4, -0.2) is 39.8 Å². The molecule has 0 bridgehead atoms. The summed E-state index contributed by atoms with van der Waals surface area (Å²) in [6.45, 7) is 4.39. The molecule has 3 rings (SSSR count). The topological polar surface area (TPSA) is 84.9 Å². The van der Waals surface area contributed by atoms with Crippen molar-refractivity contribution in [2.24, 2.45) is 0 Å². The molecule has 0 aliphatic carbocycles. The van der Waals surface area contributed by atoms with Crippen LogP contribution in [0.15, 0.2) is 42.5 Å². The number of nitrogens with one attached hydrogen (secondary N) is 1. The lowest BCUT2D eigenvalue weighted by molar-refractivity contribution is -0.119. The number of aryl methyl sites for hydroxylation is 1. The van der Waals surface area contributed by atoms with E-state index in [2.05, 4.69) is 5.32 Å². The minimum atomic E-state index is -3.65. The van der Waals surface area contributed by atoms with Crippen molar-refractivity contribution in [3.05, 3.63) is 53.6 Å². The quantitative estimate of drug-likeness (QED) is 0.765. The number of amides is 1. The number of sulfonamides is 1. The van der Waals surface area contributed by atoms with Crippen molar-refractivity contribution < 1.29 is 22.7 Å². The number of carbonyl (C=O) groups is 1. The first-order valence-electron chi connectivity index (χ1n) is 9.12. The molecule has 0 aromatic heterocycles. The lowest BCUT2D eigenvalue weighted by Gasteiger charge is -2.25. The zero-order valence-electron chi connectivity index (χ0n) is 16.0. The van der Waals surface area contributed by atoms with E-state index >= 15 is 0 Å². The Morgan fingerprint density at radius 3 is 2.54 bits per heavy atom. The highest BCUT2D eigenvalue weighted by molar-refractivity contribution is 7.92. The maximum Gasteiger partial charge on any atom is 0.241 e. The predicted molar refractivity (Wildman–Crippen MR) is 107 cm³/mol. The number of hydrogen-bond donors (Lipinski definition) is 1. The van der Waals surface area contributed by atoms with Crippen LogP contribution >= 0.6 is 0 Å². The molecule has 1 N–H and O–H groups in total. The van der Waals surface area contributed by atoms with Gasteiger partial charge in [0.2, 0.25) is 15.9 Å². The lowest BCUT2D eigenvalue weighted by atomic mass is 10.1. The van der Waals surface area contributed by atoms with E-state index in [1.54, 1.807) is 25.1 Å². The third-order valence-electron chi connectivity index (χ3n) is 4.54. The number of ether oxygens (including phenoxy) is 2. The fraction of sp³-hybridized carbons (Fsp3) is 0.350. The molecule has 0 unspecified atom stereocenters. The summed E-state index contributed by atoms with van der Waals surface area (Å²) in [6.07, 6.45) is 0. The second kappa shape index (κ2) is 8.52. The highest BCUT2D eigenvalue weighted by Gasteiger charge is 2.25. The maximum atomic E-state index is 12.6. The second-order valence-corrected chi connectivity index (χ2v) is 8.62. The van der Waals surface area contributed by atoms with E-state index in [-0.39, 0.29) is 18.2 Å². The van der Waals surface area contributed by atoms with Gasteiger partial charge in [0.15, 0.2) is 11.5 Å². The van der Waals surface area contributed by atoms with Gasteiger partial charge in [-0.1, -0.05) is 24.3 Å². The second-order valence-electron chi connectivity index (χ2n) is 6.44. The number of hydrogen-bond acceptors (Lipinski definition) is 5. The largest absolute Gasteiger partial charge is 0.486 e. The minimum absolute atomic E-state index is 0.119. The Labute approximate surface area is 165 Å². The first-order valence-corrected chi connectivity index (χ1v) is 10.7. The van der Waals surface area contributed by atoms with Crippen LogP contribution in [0.2, 0.25) is 0 Å². The summed E-state index contributed by atoms with van der Waals surface area (Å²) >= 11 is 0. The standard InChI is InChI=1S/C20H24N2O5S/c1-3-28(24,25)22(17-8-9-18-19(12-17)27-11-10-26-18)14-20(23)21-13-16-7-5-4-6-15(16)2/h4-9,12H,3,10-11,13-14H2,1-2H3,(H,21,23). The van der Waals surface area contributed by atoms with Crippen molar-refractivity contribution >= 4 is 21.6 Å². The predicted octanol–water partition coefficient (Wildman–Crippen LogP) is 2.24. The van der Waals surface area contributed by atoms with Crippen LogP contribution in [0.4, 0.5) is 5.69 Å². The van der Waals surface area contributed by atoms with E-state index in [4.69, 9.17) is 9.47 Å². The van der Waals surface area contributed by atoms with Crippen molar-refractivity contribution in [1.82, 2.24) is 5.32 Å². The lowest BCUT2D eigenvalue weighted by Crippen LogP contribution is -2.41. The zero-order chi connectivity index (χ0) is 20.1. The number of nitrogens with zero attached hydrogens (tertiary/aromatic N) is 1. The Morgan fingerprint density at radius 1 is 1.11 bits per heavy atom. The van der Waals surface area contributed by atoms with Crippen LogP contribution in [0.1, 0.15) is 18.1 Å². The van der Waals surface area contributed by atoms with Gasteiger partial charge in [-0.2, -0.15) is 0 Å². The molecular weight excluding hydrogens is 380 g/mol. The van der Waals surface area contributed by atoms with Crippen LogP contribution in [0, 0.1) is 6.92 Å². The van der Waals surface area contributed by atoms with Gasteiger partial charge in [-0.25, -0.2) is 8.42 Å². The molecule has 150 valence electrons. The number of rotatable bonds is 7. The van der Waals surface area contributed by atoms with Gasteiger partial charge in [0.1, 0.15) is 19.8 Å². The van der Waals surface area contributed by atoms with E-state index in [1.165, 1.54) is 0 Å². The molecule has 2 aromatic carbocycles. The van der Waals surface area contributed by atoms with Gasteiger partial charge < -0.3 is 14.8 Å². The molecule has 1 aliphatic rings. The summed E-state index contributed by atoms with van der Waals surface area (Å²) in [4.78, 5) is 12.5. The summed E-state index contributed by atoms with van der Waals surface area (Å²) in [5.41, 5.74) is 2.42. The average Bonchev–Trinajstić information content (AvgIpc) is 2.71. The van der Waals surface area contributed by atoms with Crippen LogP contribution in [0.25, 0.3) is 0 Å². The van der Waals surface area contributed by atoms with Crippen LogP contribution in [-0.2, 0) is 21.4 Å². The highest BCUT2D eigenvalue weighted by atomic mass is 32.2. The van der Waals surface area contributed by atoms with Crippen LogP contribution < -0.4 is 19.1 Å². The third-order valence-corrected chi connectivity index (χ3v) is 6.28. The van der Waals surface area contributed by atoms with Gasteiger partial charge in [0.05, 0.1) is 11.4 Å². The third kappa shape index (κ3) is 4.56. The molecule has 0 radical (unpaired) electrons. The Morgan fingerprint density at radius 2 is 1.82 bits per heavy atom. The van der Waals surface area contributed by atoms with Crippen molar-refractivity contribution in [2.75, 3.05) is 29.8 Å². The summed E-state index contributed by atoms with van der Waals surface area (Å²) in [5.74, 6) is 0.537. The van der Waals surface area contributed by atoms with Crippen molar-refractivity contribution in [3.63, 3.8) is 0 Å². The Kier molecular flexibility index (Phi) is 6.08. The first kappa shape index (κ1) is 20.0. The summed E-state index contributed by atoms with van der Waals surface area (Å²) in [6, 6.07) is 12.6. The molecule has 0 saturated heterocycles. The molecule has 7 nitrogen and oxygen atoms in total. The molecule has 28 heavy (non-hydrogen) atoms. The Bertz CT molecular complexity index is 959. The summed E-state index contributed by atoms with van der Waals surface area (Å²) in [7, 11) is -3.65. The van der Waals surface area contributed by atoms with E-state index in [9.17, 15) is 13.2 Å². The molecule has 0 spiro atoms. The van der Waals surface area contributed by atoms with Gasteiger partial charge in [0, 0.05) is 12.6 Å². The summed E-state index contributed by atoms with van der Waals surface area (Å²) < 4.78 is 37.3. The van der Waals surface area contributed by atoms with Gasteiger partial charge in [-0.15, -0.1) is 0 Å². The van der Waals surface area contributed by atoms with Crippen LogP contribution in [0.3, 0.4) is 0 Å². The Hall–Kier alpha value is -2.74. The Balaban J connectivity index is 1.77. The normalized spacial score (nSPS) is 13.1. The van der Waals surface area contributed by atoms with Crippen LogP contribution in [0.5, 0.6) is 11.5 Å². The molecule has 0 saturated carbocycles. The fourth-order valence-corrected chi connectivity index (χ4v) is 3.94. The van der Waals surface area contributed by atoms with Gasteiger partial charge in [-0.05, 0) is 37.1 Å². The molecular formula is C20H24N2O5S. The number of carbonyl (C=O) groups excluding carboxylic acids is 1. The SMILES string of the molecule is CCS(=O)(=O)N(CC(=O)NCc1ccccc1C)c1ccc2c(c1)OCCO2. The molecule has 1 heterocycles. The number of anilines is 1. The molecule has 1 amide bonds. The monoisotopic (exact) mass is 404 g/mol. The highest BCUT2D eigenvalue weighted by Crippen LogP contribution is 2.34. The molecule has 0 fully saturated rings. The fourth-order valence-electron chi connectivity index (χ4n) is 2.88. The molecule has 0 atom stereocenters. The smallest absolute Gasteiger partial charge is 0.241 e. The van der Waals surface area contributed by atoms with Crippen molar-refractivity contribution in [3.8, 4) is 11.5 Å². The van der Waals surface area contributed by atoms with Gasteiger partial charge >= 0.3 is 0 Å². The number of benzene rings is 2. The van der Waals surface area contributed by atoms with E-state index in [1.807, 2.05) is 31.2 Å². The molecule has 1 aliphatic heterocycles. The maximum absolute atomic E-state index is 12.6. The molecule has 8 heteroatoms. The van der Waals surface area contributed by atoms with E-state index < -0.39 is 10.0 Å². The van der Waals surface area contributed by atoms with Crippen molar-refractivity contribution in [1.29, 1.82) is 0 Å².